The van der Waals surface area contributed by atoms with E-state index in [2.05, 4.69) is 16.7 Å². The normalized spacial score (nSPS) is 15.3. The Labute approximate surface area is 157 Å². The van der Waals surface area contributed by atoms with Crippen LogP contribution in [-0.2, 0) is 9.59 Å². The van der Waals surface area contributed by atoms with Gasteiger partial charge in [0.25, 0.3) is 0 Å². The Morgan fingerprint density at radius 1 is 1.15 bits per heavy atom. The lowest BCUT2D eigenvalue weighted by Crippen LogP contribution is -2.41. The standard InChI is InChI=1S/C20H24N2O3S/c23-17(16-13-26-18-9-5-4-8-15(16)18)12-22-20(25)19(24)21-11-10-14-6-2-1-3-7-14/h4-6,8-9,13,17,23H,1-3,7,10-12H2,(H,21,24)(H,22,25)/t17-/m1/s1. The summed E-state index contributed by atoms with van der Waals surface area (Å²) in [5.41, 5.74) is 2.13. The zero-order chi connectivity index (χ0) is 18.4. The summed E-state index contributed by atoms with van der Waals surface area (Å²) in [6.07, 6.45) is 6.83. The summed E-state index contributed by atoms with van der Waals surface area (Å²) in [5, 5.41) is 18.4. The maximum Gasteiger partial charge on any atom is 0.309 e. The molecule has 0 spiro atoms. The molecule has 2 amide bonds. The van der Waals surface area contributed by atoms with Crippen molar-refractivity contribution in [1.29, 1.82) is 0 Å². The third-order valence-electron chi connectivity index (χ3n) is 4.65. The largest absolute Gasteiger partial charge is 0.387 e. The molecule has 6 heteroatoms. The molecule has 0 saturated carbocycles. The van der Waals surface area contributed by atoms with E-state index in [1.165, 1.54) is 18.4 Å². The molecule has 1 aromatic heterocycles. The number of hydrogen-bond donors (Lipinski definition) is 3. The zero-order valence-corrected chi connectivity index (χ0v) is 15.5. The number of amides is 2. The van der Waals surface area contributed by atoms with Crippen LogP contribution in [0.1, 0.15) is 43.8 Å². The number of allylic oxidation sites excluding steroid dienone is 1. The highest BCUT2D eigenvalue weighted by molar-refractivity contribution is 7.17. The lowest BCUT2D eigenvalue weighted by Gasteiger charge is -2.13. The fourth-order valence-electron chi connectivity index (χ4n) is 3.18. The number of nitrogens with one attached hydrogen (secondary N) is 2. The van der Waals surface area contributed by atoms with Crippen LogP contribution in [0.15, 0.2) is 41.3 Å². The van der Waals surface area contributed by atoms with E-state index in [9.17, 15) is 14.7 Å². The predicted octanol–water partition coefficient (Wildman–Crippen LogP) is 3.06. The van der Waals surface area contributed by atoms with E-state index in [1.807, 2.05) is 29.6 Å². The lowest BCUT2D eigenvalue weighted by molar-refractivity contribution is -0.139. The monoisotopic (exact) mass is 372 g/mol. The number of carbonyl (C=O) groups excluding carboxylic acids is 2. The fraction of sp³-hybridized carbons (Fsp3) is 0.400. The van der Waals surface area contributed by atoms with Crippen LogP contribution in [0.3, 0.4) is 0 Å². The number of rotatable bonds is 6. The van der Waals surface area contributed by atoms with Crippen molar-refractivity contribution < 1.29 is 14.7 Å². The maximum absolute atomic E-state index is 11.9. The van der Waals surface area contributed by atoms with Gasteiger partial charge in [-0.3, -0.25) is 9.59 Å². The van der Waals surface area contributed by atoms with Gasteiger partial charge in [-0.15, -0.1) is 11.3 Å². The molecule has 1 aliphatic carbocycles. The van der Waals surface area contributed by atoms with Crippen LogP contribution in [0, 0.1) is 0 Å². The van der Waals surface area contributed by atoms with Crippen LogP contribution < -0.4 is 10.6 Å². The number of aliphatic hydroxyl groups is 1. The number of benzene rings is 1. The Morgan fingerprint density at radius 3 is 2.77 bits per heavy atom. The molecule has 1 atom stereocenters. The second kappa shape index (κ2) is 8.96. The molecule has 0 bridgehead atoms. The van der Waals surface area contributed by atoms with Crippen LogP contribution in [0.2, 0.25) is 0 Å². The van der Waals surface area contributed by atoms with Crippen molar-refractivity contribution in [3.05, 3.63) is 46.9 Å². The van der Waals surface area contributed by atoms with Crippen LogP contribution in [-0.4, -0.2) is 30.0 Å². The van der Waals surface area contributed by atoms with Gasteiger partial charge < -0.3 is 15.7 Å². The van der Waals surface area contributed by atoms with Crippen LogP contribution in [0.25, 0.3) is 10.1 Å². The highest BCUT2D eigenvalue weighted by Gasteiger charge is 2.17. The summed E-state index contributed by atoms with van der Waals surface area (Å²) in [6.45, 7) is 0.480. The van der Waals surface area contributed by atoms with E-state index in [4.69, 9.17) is 0 Å². The van der Waals surface area contributed by atoms with E-state index >= 15 is 0 Å². The van der Waals surface area contributed by atoms with E-state index in [1.54, 1.807) is 11.3 Å². The molecular formula is C20H24N2O3S. The average Bonchev–Trinajstić information content (AvgIpc) is 3.11. The maximum atomic E-state index is 11.9. The molecule has 2 aromatic rings. The average molecular weight is 372 g/mol. The molecule has 0 fully saturated rings. The number of hydrogen-bond acceptors (Lipinski definition) is 4. The summed E-state index contributed by atoms with van der Waals surface area (Å²) in [4.78, 5) is 23.8. The second-order valence-electron chi connectivity index (χ2n) is 6.53. The lowest BCUT2D eigenvalue weighted by atomic mass is 9.97. The number of fused-ring (bicyclic) bond motifs is 1. The number of carbonyl (C=O) groups is 2. The van der Waals surface area contributed by atoms with Crippen molar-refractivity contribution in [1.82, 2.24) is 10.6 Å². The summed E-state index contributed by atoms with van der Waals surface area (Å²) in [5.74, 6) is -1.36. The first-order chi connectivity index (χ1) is 12.6. The minimum Gasteiger partial charge on any atom is -0.387 e. The first kappa shape index (κ1) is 18.6. The topological polar surface area (TPSA) is 78.4 Å². The minimum atomic E-state index is -0.838. The van der Waals surface area contributed by atoms with Gasteiger partial charge in [-0.05, 0) is 48.9 Å². The van der Waals surface area contributed by atoms with Gasteiger partial charge in [0.15, 0.2) is 0 Å². The van der Waals surface area contributed by atoms with Crippen molar-refractivity contribution in [2.75, 3.05) is 13.1 Å². The van der Waals surface area contributed by atoms with Crippen LogP contribution in [0.5, 0.6) is 0 Å². The van der Waals surface area contributed by atoms with Gasteiger partial charge in [0.2, 0.25) is 0 Å². The quantitative estimate of drug-likeness (QED) is 0.539. The van der Waals surface area contributed by atoms with Gasteiger partial charge in [-0.2, -0.15) is 0 Å². The summed E-state index contributed by atoms with van der Waals surface area (Å²) in [6, 6.07) is 7.80. The van der Waals surface area contributed by atoms with Gasteiger partial charge in [-0.1, -0.05) is 29.8 Å². The van der Waals surface area contributed by atoms with E-state index in [0.717, 1.165) is 34.9 Å². The fourth-order valence-corrected chi connectivity index (χ4v) is 4.19. The van der Waals surface area contributed by atoms with E-state index < -0.39 is 17.9 Å². The highest BCUT2D eigenvalue weighted by Crippen LogP contribution is 2.29. The van der Waals surface area contributed by atoms with Crippen LogP contribution in [0.4, 0.5) is 0 Å². The van der Waals surface area contributed by atoms with Gasteiger partial charge in [0.05, 0.1) is 6.10 Å². The van der Waals surface area contributed by atoms with Crippen molar-refractivity contribution in [2.45, 2.75) is 38.2 Å². The third kappa shape index (κ3) is 4.71. The highest BCUT2D eigenvalue weighted by atomic mass is 32.1. The molecule has 1 aliphatic rings. The molecule has 0 radical (unpaired) electrons. The summed E-state index contributed by atoms with van der Waals surface area (Å²) in [7, 11) is 0. The van der Waals surface area contributed by atoms with Crippen molar-refractivity contribution in [3.63, 3.8) is 0 Å². The van der Waals surface area contributed by atoms with Gasteiger partial charge in [0, 0.05) is 23.4 Å². The van der Waals surface area contributed by atoms with E-state index in [0.29, 0.717) is 6.54 Å². The van der Waals surface area contributed by atoms with Crippen molar-refractivity contribution >= 4 is 33.2 Å². The Hall–Kier alpha value is -2.18. The van der Waals surface area contributed by atoms with Crippen molar-refractivity contribution in [2.24, 2.45) is 0 Å². The molecule has 26 heavy (non-hydrogen) atoms. The van der Waals surface area contributed by atoms with Gasteiger partial charge >= 0.3 is 11.8 Å². The van der Waals surface area contributed by atoms with Crippen molar-refractivity contribution in [3.8, 4) is 0 Å². The zero-order valence-electron chi connectivity index (χ0n) is 14.7. The first-order valence-corrected chi connectivity index (χ1v) is 9.91. The molecule has 5 nitrogen and oxygen atoms in total. The molecular weight excluding hydrogens is 348 g/mol. The second-order valence-corrected chi connectivity index (χ2v) is 7.44. The minimum absolute atomic E-state index is 0.0120. The van der Waals surface area contributed by atoms with Crippen LogP contribution >= 0.6 is 11.3 Å². The predicted molar refractivity (Wildman–Crippen MR) is 104 cm³/mol. The molecule has 3 N–H and O–H groups in total. The Kier molecular flexibility index (Phi) is 6.41. The van der Waals surface area contributed by atoms with Gasteiger partial charge in [0.1, 0.15) is 0 Å². The SMILES string of the molecule is O=C(NCCC1=CCCCC1)C(=O)NC[C@@H](O)c1csc2ccccc12. The Morgan fingerprint density at radius 2 is 1.96 bits per heavy atom. The number of thiophene rings is 1. The smallest absolute Gasteiger partial charge is 0.309 e. The first-order valence-electron chi connectivity index (χ1n) is 9.03. The van der Waals surface area contributed by atoms with Gasteiger partial charge in [-0.25, -0.2) is 0 Å². The molecule has 0 unspecified atom stereocenters. The molecule has 1 heterocycles. The molecule has 1 aromatic carbocycles. The molecule has 3 rings (SSSR count). The molecule has 0 aliphatic heterocycles. The Bertz CT molecular complexity index is 812. The summed E-state index contributed by atoms with van der Waals surface area (Å²) >= 11 is 1.55. The number of aliphatic hydroxyl groups excluding tert-OH is 1. The molecule has 138 valence electrons. The summed E-state index contributed by atoms with van der Waals surface area (Å²) < 4.78 is 1.09. The van der Waals surface area contributed by atoms with E-state index in [-0.39, 0.29) is 6.54 Å². The molecule has 0 saturated heterocycles. The Balaban J connectivity index is 1.44. The third-order valence-corrected chi connectivity index (χ3v) is 5.63.